The largest absolute Gasteiger partial charge is 0.486 e. The molecule has 146 valence electrons. The number of amides is 1. The van der Waals surface area contributed by atoms with E-state index in [1.54, 1.807) is 11.3 Å². The third-order valence-corrected chi connectivity index (χ3v) is 5.37. The highest BCUT2D eigenvalue weighted by molar-refractivity contribution is 7.09. The van der Waals surface area contributed by atoms with Gasteiger partial charge in [0.15, 0.2) is 0 Å². The molecule has 0 atom stereocenters. The van der Waals surface area contributed by atoms with E-state index in [1.807, 2.05) is 79.6 Å². The Morgan fingerprint density at radius 3 is 2.25 bits per heavy atom. The molecule has 0 unspecified atom stereocenters. The van der Waals surface area contributed by atoms with E-state index in [1.165, 1.54) is 5.56 Å². The number of benzene rings is 2. The molecule has 0 saturated carbocycles. The first-order valence-electron chi connectivity index (χ1n) is 9.43. The predicted molar refractivity (Wildman–Crippen MR) is 114 cm³/mol. The Balaban J connectivity index is 1.64. The van der Waals surface area contributed by atoms with Crippen molar-refractivity contribution >= 4 is 17.2 Å². The van der Waals surface area contributed by atoms with E-state index < -0.39 is 0 Å². The van der Waals surface area contributed by atoms with Crippen LogP contribution in [0.3, 0.4) is 0 Å². The molecule has 3 rings (SSSR count). The second-order valence-corrected chi connectivity index (χ2v) is 8.17. The summed E-state index contributed by atoms with van der Waals surface area (Å²) in [5.41, 5.74) is 3.94. The van der Waals surface area contributed by atoms with E-state index in [-0.39, 0.29) is 11.9 Å². The summed E-state index contributed by atoms with van der Waals surface area (Å²) in [6.07, 6.45) is 0. The third-order valence-electron chi connectivity index (χ3n) is 4.50. The van der Waals surface area contributed by atoms with E-state index in [2.05, 4.69) is 11.9 Å². The number of carbonyl (C=O) groups is 1. The van der Waals surface area contributed by atoms with E-state index in [9.17, 15) is 4.79 Å². The van der Waals surface area contributed by atoms with E-state index in [4.69, 9.17) is 4.74 Å². The number of aryl methyl sites for hydroxylation is 2. The van der Waals surface area contributed by atoms with Crippen LogP contribution in [0.5, 0.6) is 5.75 Å². The SMILES string of the molecule is Cc1ccc(OCc2nc(CN(C(=O)c3ccc(C)cc3)C(C)C)cs2)cc1. The maximum atomic E-state index is 12.9. The molecular weight excluding hydrogens is 368 g/mol. The zero-order valence-electron chi connectivity index (χ0n) is 16.8. The van der Waals surface area contributed by atoms with Crippen molar-refractivity contribution in [3.05, 3.63) is 81.3 Å². The Morgan fingerprint density at radius 2 is 1.64 bits per heavy atom. The molecule has 0 fully saturated rings. The molecule has 1 heterocycles. The van der Waals surface area contributed by atoms with Gasteiger partial charge in [-0.3, -0.25) is 4.79 Å². The van der Waals surface area contributed by atoms with Crippen molar-refractivity contribution in [1.82, 2.24) is 9.88 Å². The zero-order valence-corrected chi connectivity index (χ0v) is 17.6. The normalized spacial score (nSPS) is 10.9. The van der Waals surface area contributed by atoms with E-state index >= 15 is 0 Å². The van der Waals surface area contributed by atoms with Gasteiger partial charge in [-0.05, 0) is 52.0 Å². The van der Waals surface area contributed by atoms with Crippen LogP contribution >= 0.6 is 11.3 Å². The molecule has 0 aliphatic carbocycles. The van der Waals surface area contributed by atoms with Gasteiger partial charge in [0.05, 0.1) is 12.2 Å². The van der Waals surface area contributed by atoms with Crippen LogP contribution in [0.4, 0.5) is 0 Å². The number of thiazole rings is 1. The highest BCUT2D eigenvalue weighted by Crippen LogP contribution is 2.19. The summed E-state index contributed by atoms with van der Waals surface area (Å²) < 4.78 is 5.81. The summed E-state index contributed by atoms with van der Waals surface area (Å²) in [5, 5.41) is 2.91. The summed E-state index contributed by atoms with van der Waals surface area (Å²) in [5.74, 6) is 0.862. The number of aromatic nitrogens is 1. The number of rotatable bonds is 7. The Hall–Kier alpha value is -2.66. The lowest BCUT2D eigenvalue weighted by Crippen LogP contribution is -2.36. The molecule has 1 amide bonds. The molecule has 3 aromatic rings. The minimum Gasteiger partial charge on any atom is -0.486 e. The Bertz CT molecular complexity index is 915. The van der Waals surface area contributed by atoms with Crippen molar-refractivity contribution in [3.63, 3.8) is 0 Å². The van der Waals surface area contributed by atoms with E-state index in [0.29, 0.717) is 18.7 Å². The first kappa shape index (κ1) is 20.1. The Kier molecular flexibility index (Phi) is 6.47. The number of nitrogens with zero attached hydrogens (tertiary/aromatic N) is 2. The molecular formula is C23H26N2O2S. The molecule has 1 aromatic heterocycles. The fraction of sp³-hybridized carbons (Fsp3) is 0.304. The van der Waals surface area contributed by atoms with Crippen LogP contribution in [0.15, 0.2) is 53.9 Å². The van der Waals surface area contributed by atoms with Crippen molar-refractivity contribution in [2.24, 2.45) is 0 Å². The van der Waals surface area contributed by atoms with Gasteiger partial charge in [0.25, 0.3) is 5.91 Å². The van der Waals surface area contributed by atoms with Crippen molar-refractivity contribution in [1.29, 1.82) is 0 Å². The summed E-state index contributed by atoms with van der Waals surface area (Å²) >= 11 is 1.56. The van der Waals surface area contributed by atoms with E-state index in [0.717, 1.165) is 22.0 Å². The lowest BCUT2D eigenvalue weighted by Gasteiger charge is -2.26. The lowest BCUT2D eigenvalue weighted by molar-refractivity contribution is 0.0688. The van der Waals surface area contributed by atoms with Gasteiger partial charge in [0.1, 0.15) is 17.4 Å². The Labute approximate surface area is 170 Å². The summed E-state index contributed by atoms with van der Waals surface area (Å²) in [4.78, 5) is 19.4. The monoisotopic (exact) mass is 394 g/mol. The van der Waals surface area contributed by atoms with Crippen molar-refractivity contribution in [2.45, 2.75) is 46.9 Å². The molecule has 0 N–H and O–H groups in total. The molecule has 0 aliphatic rings. The topological polar surface area (TPSA) is 42.4 Å². The highest BCUT2D eigenvalue weighted by Gasteiger charge is 2.20. The first-order valence-corrected chi connectivity index (χ1v) is 10.3. The van der Waals surface area contributed by atoms with Gasteiger partial charge in [-0.25, -0.2) is 4.98 Å². The minimum absolute atomic E-state index is 0.0282. The number of carbonyl (C=O) groups excluding carboxylic acids is 1. The second kappa shape index (κ2) is 9.02. The van der Waals surface area contributed by atoms with Crippen LogP contribution in [0.25, 0.3) is 0 Å². The van der Waals surface area contributed by atoms with Gasteiger partial charge < -0.3 is 9.64 Å². The highest BCUT2D eigenvalue weighted by atomic mass is 32.1. The average Bonchev–Trinajstić information content (AvgIpc) is 3.13. The molecule has 0 bridgehead atoms. The fourth-order valence-electron chi connectivity index (χ4n) is 2.79. The number of hydrogen-bond acceptors (Lipinski definition) is 4. The number of ether oxygens (including phenoxy) is 1. The van der Waals surface area contributed by atoms with Gasteiger partial charge >= 0.3 is 0 Å². The van der Waals surface area contributed by atoms with Crippen LogP contribution in [-0.2, 0) is 13.2 Å². The zero-order chi connectivity index (χ0) is 20.1. The molecule has 0 aliphatic heterocycles. The van der Waals surface area contributed by atoms with Gasteiger partial charge in [-0.2, -0.15) is 0 Å². The summed E-state index contributed by atoms with van der Waals surface area (Å²) in [6, 6.07) is 15.8. The number of hydrogen-bond donors (Lipinski definition) is 0. The van der Waals surface area contributed by atoms with Gasteiger partial charge in [0, 0.05) is 17.0 Å². The third kappa shape index (κ3) is 5.20. The average molecular weight is 395 g/mol. The van der Waals surface area contributed by atoms with Crippen LogP contribution in [0, 0.1) is 13.8 Å². The lowest BCUT2D eigenvalue weighted by atomic mass is 10.1. The van der Waals surface area contributed by atoms with Crippen LogP contribution < -0.4 is 4.74 Å². The quantitative estimate of drug-likeness (QED) is 0.539. The maximum absolute atomic E-state index is 12.9. The molecule has 0 radical (unpaired) electrons. The maximum Gasteiger partial charge on any atom is 0.254 e. The molecule has 2 aromatic carbocycles. The minimum atomic E-state index is 0.0282. The Morgan fingerprint density at radius 1 is 1.04 bits per heavy atom. The van der Waals surface area contributed by atoms with Crippen molar-refractivity contribution in [3.8, 4) is 5.75 Å². The standard InChI is InChI=1S/C23H26N2O2S/c1-16(2)25(23(26)19-9-5-17(3)6-10-19)13-20-15-28-22(24-20)14-27-21-11-7-18(4)8-12-21/h5-12,15-16H,13-14H2,1-4H3. The van der Waals surface area contributed by atoms with Gasteiger partial charge in [-0.15, -0.1) is 11.3 Å². The van der Waals surface area contributed by atoms with Crippen molar-refractivity contribution in [2.75, 3.05) is 0 Å². The van der Waals surface area contributed by atoms with Crippen LogP contribution in [-0.4, -0.2) is 21.8 Å². The van der Waals surface area contributed by atoms with Gasteiger partial charge in [0.2, 0.25) is 0 Å². The second-order valence-electron chi connectivity index (χ2n) is 7.23. The smallest absolute Gasteiger partial charge is 0.254 e. The van der Waals surface area contributed by atoms with Gasteiger partial charge in [-0.1, -0.05) is 35.4 Å². The molecule has 28 heavy (non-hydrogen) atoms. The van der Waals surface area contributed by atoms with Crippen LogP contribution in [0.2, 0.25) is 0 Å². The molecule has 5 heteroatoms. The molecule has 0 spiro atoms. The van der Waals surface area contributed by atoms with Crippen molar-refractivity contribution < 1.29 is 9.53 Å². The molecule has 4 nitrogen and oxygen atoms in total. The summed E-state index contributed by atoms with van der Waals surface area (Å²) in [6.45, 7) is 9.05. The predicted octanol–water partition coefficient (Wildman–Crippen LogP) is 5.39. The fourth-order valence-corrected chi connectivity index (χ4v) is 3.49. The molecule has 0 saturated heterocycles. The summed E-state index contributed by atoms with van der Waals surface area (Å²) in [7, 11) is 0. The first-order chi connectivity index (χ1) is 13.4. The van der Waals surface area contributed by atoms with Crippen LogP contribution in [0.1, 0.15) is 46.0 Å².